The van der Waals surface area contributed by atoms with Crippen LogP contribution in [0, 0.1) is 5.92 Å². The third kappa shape index (κ3) is 11.1. The Morgan fingerprint density at radius 1 is 0.576 bits per heavy atom. The zero-order chi connectivity index (χ0) is 50.4. The van der Waals surface area contributed by atoms with Gasteiger partial charge in [0.25, 0.3) is 0 Å². The van der Waals surface area contributed by atoms with Gasteiger partial charge in [-0.1, -0.05) is 93.1 Å². The van der Waals surface area contributed by atoms with E-state index in [1.807, 2.05) is 49.4 Å². The third-order valence-corrected chi connectivity index (χ3v) is 11.1. The molecule has 0 saturated carbocycles. The largest absolute Gasteiger partial charge is 0.494 e. The third-order valence-electron chi connectivity index (χ3n) is 11.1. The minimum Gasteiger partial charge on any atom is -0.494 e. The lowest BCUT2D eigenvalue weighted by Crippen LogP contribution is -2.74. The van der Waals surface area contributed by atoms with Gasteiger partial charge in [-0.2, -0.15) is 74.6 Å². The Labute approximate surface area is 368 Å². The van der Waals surface area contributed by atoms with Gasteiger partial charge in [-0.3, -0.25) is 4.79 Å². The van der Waals surface area contributed by atoms with E-state index in [1.54, 1.807) is 18.2 Å². The molecule has 3 rings (SSSR count). The summed E-state index contributed by atoms with van der Waals surface area (Å²) in [6, 6.07) is 23.9. The molecule has 4 unspecified atom stereocenters. The Bertz CT molecular complexity index is 2030. The van der Waals surface area contributed by atoms with Crippen molar-refractivity contribution in [1.82, 2.24) is 0 Å². The summed E-state index contributed by atoms with van der Waals surface area (Å²) in [4.78, 5) is 24.2. The lowest BCUT2D eigenvalue weighted by Gasteiger charge is -2.42. The molecule has 22 heteroatoms. The number of carbonyl (C=O) groups is 2. The minimum atomic E-state index is -8.69. The van der Waals surface area contributed by atoms with Crippen molar-refractivity contribution >= 4 is 11.9 Å². The van der Waals surface area contributed by atoms with Crippen LogP contribution < -0.4 is 4.74 Å². The maximum atomic E-state index is 14.6. The first-order chi connectivity index (χ1) is 30.2. The van der Waals surface area contributed by atoms with E-state index in [2.05, 4.69) is 6.92 Å². The normalized spacial score (nSPS) is 15.9. The lowest BCUT2D eigenvalue weighted by atomic mass is 9.65. The Morgan fingerprint density at radius 2 is 1.05 bits per heavy atom. The number of halogens is 17. The highest BCUT2D eigenvalue weighted by Crippen LogP contribution is 2.64. The number of hydrogen-bond donors (Lipinski definition) is 0. The van der Waals surface area contributed by atoms with Crippen molar-refractivity contribution in [2.75, 3.05) is 13.2 Å². The van der Waals surface area contributed by atoms with Crippen LogP contribution in [0.5, 0.6) is 5.75 Å². The first kappa shape index (κ1) is 55.5. The Kier molecular flexibility index (Phi) is 17.3. The zero-order valence-electron chi connectivity index (χ0n) is 35.4. The fourth-order valence-corrected chi connectivity index (χ4v) is 7.13. The highest BCUT2D eigenvalue weighted by atomic mass is 19.4. The second-order valence-corrected chi connectivity index (χ2v) is 15.8. The molecule has 370 valence electrons. The number of hydrogen-bond acceptors (Lipinski definition) is 5. The first-order valence-corrected chi connectivity index (χ1v) is 20.1. The Balaban J connectivity index is 1.95. The van der Waals surface area contributed by atoms with Crippen molar-refractivity contribution < 1.29 is 98.4 Å². The number of benzene rings is 3. The summed E-state index contributed by atoms with van der Waals surface area (Å²) in [5, 5.41) is 0. The predicted octanol–water partition coefficient (Wildman–Crippen LogP) is 13.6. The molecule has 0 N–H and O–H groups in total. The van der Waals surface area contributed by atoms with Crippen LogP contribution in [0.25, 0.3) is 0 Å². The molecule has 3 aromatic carbocycles. The van der Waals surface area contributed by atoms with Crippen LogP contribution in [0.4, 0.5) is 74.6 Å². The number of esters is 2. The molecule has 3 aromatic rings. The predicted molar refractivity (Wildman–Crippen MR) is 204 cm³/mol. The van der Waals surface area contributed by atoms with Gasteiger partial charge in [0, 0.05) is 18.8 Å². The molecule has 66 heavy (non-hydrogen) atoms. The topological polar surface area (TPSA) is 61.8 Å². The molecule has 0 aromatic heterocycles. The molecule has 0 aliphatic heterocycles. The summed E-state index contributed by atoms with van der Waals surface area (Å²) in [6.07, 6.45) is -11.2. The second kappa shape index (κ2) is 20.6. The smallest absolute Gasteiger partial charge is 0.460 e. The summed E-state index contributed by atoms with van der Waals surface area (Å²) < 4.78 is 249. The average Bonchev–Trinajstić information content (AvgIpc) is 3.24. The zero-order valence-corrected chi connectivity index (χ0v) is 35.4. The molecule has 0 aliphatic carbocycles. The monoisotopic (exact) mass is 976 g/mol. The van der Waals surface area contributed by atoms with Crippen molar-refractivity contribution in [3.05, 3.63) is 102 Å². The van der Waals surface area contributed by atoms with Gasteiger partial charge in [0.05, 0.1) is 13.2 Å². The molecule has 0 spiro atoms. The summed E-state index contributed by atoms with van der Waals surface area (Å²) in [5.74, 6) is -58.5. The van der Waals surface area contributed by atoms with Crippen LogP contribution in [0.1, 0.15) is 88.8 Å². The van der Waals surface area contributed by atoms with Crippen LogP contribution >= 0.6 is 0 Å². The van der Waals surface area contributed by atoms with E-state index in [4.69, 9.17) is 14.2 Å². The molecule has 5 nitrogen and oxygen atoms in total. The van der Waals surface area contributed by atoms with Crippen LogP contribution in [-0.2, 0) is 24.5 Å². The Morgan fingerprint density at radius 3 is 1.53 bits per heavy atom. The first-order valence-electron chi connectivity index (χ1n) is 20.1. The van der Waals surface area contributed by atoms with E-state index in [-0.39, 0.29) is 30.6 Å². The van der Waals surface area contributed by atoms with Gasteiger partial charge in [0.15, 0.2) is 6.10 Å². The van der Waals surface area contributed by atoms with Crippen LogP contribution in [0.15, 0.2) is 84.9 Å². The summed E-state index contributed by atoms with van der Waals surface area (Å²) in [6.45, 7) is 5.17. The van der Waals surface area contributed by atoms with Crippen LogP contribution in [0.3, 0.4) is 0 Å². The fraction of sp³-hybridized carbons (Fsp3) is 0.545. The maximum Gasteiger partial charge on any atom is 0.460 e. The van der Waals surface area contributed by atoms with Crippen molar-refractivity contribution in [3.63, 3.8) is 0 Å². The van der Waals surface area contributed by atoms with Gasteiger partial charge < -0.3 is 14.2 Å². The number of alkyl halides is 17. The van der Waals surface area contributed by atoms with E-state index in [0.29, 0.717) is 18.4 Å². The van der Waals surface area contributed by atoms with E-state index in [0.717, 1.165) is 24.5 Å². The number of carbonyl (C=O) groups excluding carboxylic acids is 2. The molecule has 0 fully saturated rings. The van der Waals surface area contributed by atoms with Crippen molar-refractivity contribution in [1.29, 1.82) is 0 Å². The highest BCUT2D eigenvalue weighted by molar-refractivity contribution is 5.78. The Hall–Kier alpha value is -4.79. The molecule has 0 saturated heterocycles. The van der Waals surface area contributed by atoms with Crippen molar-refractivity contribution in [3.8, 4) is 5.75 Å². The average molecular weight is 977 g/mol. The molecule has 0 heterocycles. The van der Waals surface area contributed by atoms with Gasteiger partial charge in [-0.15, -0.1) is 0 Å². The highest BCUT2D eigenvalue weighted by Gasteiger charge is 2.95. The van der Waals surface area contributed by atoms with E-state index in [9.17, 15) is 84.2 Å². The number of ether oxygens (including phenoxy) is 3. The standard InChI is InChI=1S/C44H45F17O5/c1-5-27(2)25-31(30-13-8-6-9-14-30)26-36(32-15-10-7-11-16-32,22-24-65-35(63)28(3)66-29(4)62)33-17-19-34(20-18-33)64-23-12-21-37(45,46)38(47,48)39(49,50)40(51,52)41(53,54)42(55,56)43(57,58)44(59,60)61/h6-11,13-20,27-28,31H,5,12,21-26H2,1-4H3. The quantitative estimate of drug-likeness (QED) is 0.0508. The van der Waals surface area contributed by atoms with Crippen molar-refractivity contribution in [2.24, 2.45) is 5.92 Å². The molecule has 0 amide bonds. The molecule has 4 atom stereocenters. The number of rotatable bonds is 24. The van der Waals surface area contributed by atoms with Gasteiger partial charge in [-0.25, -0.2) is 4.79 Å². The van der Waals surface area contributed by atoms with Crippen LogP contribution in [0.2, 0.25) is 0 Å². The van der Waals surface area contributed by atoms with Crippen molar-refractivity contribution in [2.45, 2.75) is 131 Å². The summed E-state index contributed by atoms with van der Waals surface area (Å²) >= 11 is 0. The van der Waals surface area contributed by atoms with Gasteiger partial charge in [0.1, 0.15) is 5.75 Å². The van der Waals surface area contributed by atoms with Gasteiger partial charge in [-0.05, 0) is 73.3 Å². The molecular formula is C44H45F17O5. The molecule has 0 radical (unpaired) electrons. The lowest BCUT2D eigenvalue weighted by molar-refractivity contribution is -0.461. The van der Waals surface area contributed by atoms with E-state index < -0.39 is 90.5 Å². The van der Waals surface area contributed by atoms with E-state index >= 15 is 0 Å². The van der Waals surface area contributed by atoms with Crippen LogP contribution in [-0.4, -0.2) is 78.9 Å². The second-order valence-electron chi connectivity index (χ2n) is 15.8. The van der Waals surface area contributed by atoms with E-state index in [1.165, 1.54) is 31.2 Å². The maximum absolute atomic E-state index is 14.6. The summed E-state index contributed by atoms with van der Waals surface area (Å²) in [5.41, 5.74) is 1.24. The summed E-state index contributed by atoms with van der Waals surface area (Å²) in [7, 11) is 0. The van der Waals surface area contributed by atoms with Gasteiger partial charge in [0.2, 0.25) is 0 Å². The molecule has 0 bridgehead atoms. The fourth-order valence-electron chi connectivity index (χ4n) is 7.13. The SMILES string of the molecule is CCC(C)CC(CC(CCOC(=O)C(C)OC(C)=O)(c1ccccc1)c1ccc(OCCCC(F)(F)C(F)(F)C(F)(F)C(F)(F)C(F)(F)C(F)(F)C(F)(F)C(F)(F)F)cc1)c1ccccc1. The minimum absolute atomic E-state index is 0.112. The molecule has 0 aliphatic rings. The molecular weight excluding hydrogens is 931 g/mol. The van der Waals surface area contributed by atoms with Gasteiger partial charge >= 0.3 is 59.6 Å².